The third-order valence-electron chi connectivity index (χ3n) is 4.70. The van der Waals surface area contributed by atoms with E-state index in [2.05, 4.69) is 12.2 Å². The molecule has 0 aromatic heterocycles. The van der Waals surface area contributed by atoms with Gasteiger partial charge in [0.15, 0.2) is 0 Å². The third-order valence-corrected chi connectivity index (χ3v) is 4.70. The molecule has 0 heterocycles. The molecule has 3 unspecified atom stereocenters. The van der Waals surface area contributed by atoms with Gasteiger partial charge in [0.05, 0.1) is 0 Å². The minimum atomic E-state index is 0.384. The highest BCUT2D eigenvalue weighted by Crippen LogP contribution is 2.48. The fourth-order valence-electron chi connectivity index (χ4n) is 3.35. The van der Waals surface area contributed by atoms with Crippen LogP contribution in [0.2, 0.25) is 0 Å². The van der Waals surface area contributed by atoms with Crippen molar-refractivity contribution in [1.29, 1.82) is 0 Å². The molecular weight excluding hydrogens is 210 g/mol. The molecule has 2 nitrogen and oxygen atoms in total. The summed E-state index contributed by atoms with van der Waals surface area (Å²) in [5.74, 6) is 3.41. The molecule has 2 saturated carbocycles. The van der Waals surface area contributed by atoms with Gasteiger partial charge in [-0.3, -0.25) is 4.79 Å². The fourth-order valence-corrected chi connectivity index (χ4v) is 3.35. The zero-order valence-electron chi connectivity index (χ0n) is 10.8. The molecule has 17 heavy (non-hydrogen) atoms. The van der Waals surface area contributed by atoms with Crippen LogP contribution >= 0.6 is 0 Å². The largest absolute Gasteiger partial charge is 0.345 e. The molecule has 2 fully saturated rings. The van der Waals surface area contributed by atoms with E-state index in [0.717, 1.165) is 37.1 Å². The van der Waals surface area contributed by atoms with Crippen LogP contribution in [0, 0.1) is 23.7 Å². The normalized spacial score (nSPS) is 35.7. The maximum absolute atomic E-state index is 11.9. The second kappa shape index (κ2) is 4.47. The molecule has 1 amide bonds. The Kier molecular flexibility index (Phi) is 2.97. The van der Waals surface area contributed by atoms with Crippen LogP contribution in [0.15, 0.2) is 12.2 Å². The lowest BCUT2D eigenvalue weighted by Crippen LogP contribution is -2.30. The Morgan fingerprint density at radius 3 is 2.76 bits per heavy atom. The summed E-state index contributed by atoms with van der Waals surface area (Å²) in [6.07, 6.45) is 12.2. The molecule has 0 aromatic carbocycles. The molecule has 0 aromatic rings. The fraction of sp³-hybridized carbons (Fsp3) is 0.800. The van der Waals surface area contributed by atoms with Crippen LogP contribution in [0.3, 0.4) is 0 Å². The van der Waals surface area contributed by atoms with Crippen LogP contribution in [0.25, 0.3) is 0 Å². The molecule has 0 radical (unpaired) electrons. The van der Waals surface area contributed by atoms with Crippen molar-refractivity contribution >= 4 is 5.91 Å². The number of hydrogen-bond donors (Lipinski definition) is 0. The Bertz CT molecular complexity index is 332. The standard InChI is InChI=1S/C15H23NO/c1-16(15(17)12-7-8-12)10-13-9-14(13)11-5-3-2-4-6-11/h2-3,11-14H,4-10H2,1H3. The van der Waals surface area contributed by atoms with E-state index in [4.69, 9.17) is 0 Å². The number of rotatable bonds is 4. The van der Waals surface area contributed by atoms with Crippen molar-refractivity contribution in [2.24, 2.45) is 23.7 Å². The van der Waals surface area contributed by atoms with E-state index >= 15 is 0 Å². The summed E-state index contributed by atoms with van der Waals surface area (Å²) in [6, 6.07) is 0. The van der Waals surface area contributed by atoms with Crippen molar-refractivity contribution in [3.8, 4) is 0 Å². The molecule has 0 spiro atoms. The molecule has 3 aliphatic carbocycles. The van der Waals surface area contributed by atoms with Crippen LogP contribution in [-0.4, -0.2) is 24.4 Å². The van der Waals surface area contributed by atoms with Crippen LogP contribution in [0.4, 0.5) is 0 Å². The van der Waals surface area contributed by atoms with E-state index in [1.54, 1.807) is 0 Å². The highest BCUT2D eigenvalue weighted by atomic mass is 16.2. The molecule has 0 bridgehead atoms. The second-order valence-corrected chi connectivity index (χ2v) is 6.20. The zero-order chi connectivity index (χ0) is 11.8. The molecule has 0 aliphatic heterocycles. The van der Waals surface area contributed by atoms with Gasteiger partial charge < -0.3 is 4.90 Å². The second-order valence-electron chi connectivity index (χ2n) is 6.20. The maximum Gasteiger partial charge on any atom is 0.225 e. The Balaban J connectivity index is 1.45. The highest BCUT2D eigenvalue weighted by Gasteiger charge is 2.44. The van der Waals surface area contributed by atoms with Crippen molar-refractivity contribution in [3.05, 3.63) is 12.2 Å². The Labute approximate surface area is 104 Å². The van der Waals surface area contributed by atoms with Crippen LogP contribution in [0.1, 0.15) is 38.5 Å². The number of hydrogen-bond acceptors (Lipinski definition) is 1. The van der Waals surface area contributed by atoms with Crippen LogP contribution in [-0.2, 0) is 4.79 Å². The molecule has 94 valence electrons. The number of carbonyl (C=O) groups is 1. The van der Waals surface area contributed by atoms with E-state index in [9.17, 15) is 4.79 Å². The van der Waals surface area contributed by atoms with Gasteiger partial charge in [-0.15, -0.1) is 0 Å². The number of nitrogens with zero attached hydrogens (tertiary/aromatic N) is 1. The molecule has 3 aliphatic rings. The molecular formula is C15H23NO. The van der Waals surface area contributed by atoms with Crippen molar-refractivity contribution in [2.75, 3.05) is 13.6 Å². The van der Waals surface area contributed by atoms with Crippen LogP contribution < -0.4 is 0 Å². The van der Waals surface area contributed by atoms with E-state index in [1.165, 1.54) is 25.7 Å². The van der Waals surface area contributed by atoms with Gasteiger partial charge in [0, 0.05) is 19.5 Å². The number of allylic oxidation sites excluding steroid dienone is 2. The minimum Gasteiger partial charge on any atom is -0.345 e. The molecule has 2 heteroatoms. The predicted octanol–water partition coefficient (Wildman–Crippen LogP) is 2.85. The van der Waals surface area contributed by atoms with Gasteiger partial charge in [-0.2, -0.15) is 0 Å². The topological polar surface area (TPSA) is 20.3 Å². The summed E-state index contributed by atoms with van der Waals surface area (Å²) >= 11 is 0. The Hall–Kier alpha value is -0.790. The first-order valence-electron chi connectivity index (χ1n) is 7.15. The lowest BCUT2D eigenvalue weighted by atomic mass is 9.89. The number of carbonyl (C=O) groups excluding carboxylic acids is 1. The summed E-state index contributed by atoms with van der Waals surface area (Å²) in [5, 5.41) is 0. The van der Waals surface area contributed by atoms with Gasteiger partial charge in [0.2, 0.25) is 5.91 Å². The highest BCUT2D eigenvalue weighted by molar-refractivity contribution is 5.80. The first-order valence-corrected chi connectivity index (χ1v) is 7.15. The molecule has 3 atom stereocenters. The smallest absolute Gasteiger partial charge is 0.225 e. The van der Waals surface area contributed by atoms with Gasteiger partial charge in [0.25, 0.3) is 0 Å². The average molecular weight is 233 g/mol. The van der Waals surface area contributed by atoms with Crippen LogP contribution in [0.5, 0.6) is 0 Å². The summed E-state index contributed by atoms with van der Waals surface area (Å²) < 4.78 is 0. The zero-order valence-corrected chi connectivity index (χ0v) is 10.8. The van der Waals surface area contributed by atoms with Gasteiger partial charge in [0.1, 0.15) is 0 Å². The van der Waals surface area contributed by atoms with Crippen molar-refractivity contribution in [1.82, 2.24) is 4.90 Å². The van der Waals surface area contributed by atoms with E-state index in [1.807, 2.05) is 11.9 Å². The van der Waals surface area contributed by atoms with Crippen molar-refractivity contribution in [3.63, 3.8) is 0 Å². The van der Waals surface area contributed by atoms with Gasteiger partial charge >= 0.3 is 0 Å². The molecule has 0 saturated heterocycles. The summed E-state index contributed by atoms with van der Waals surface area (Å²) in [7, 11) is 2.00. The lowest BCUT2D eigenvalue weighted by Gasteiger charge is -2.20. The Morgan fingerprint density at radius 2 is 2.12 bits per heavy atom. The summed E-state index contributed by atoms with van der Waals surface area (Å²) in [4.78, 5) is 13.9. The molecule has 0 N–H and O–H groups in total. The third kappa shape index (κ3) is 2.56. The quantitative estimate of drug-likeness (QED) is 0.684. The van der Waals surface area contributed by atoms with Gasteiger partial charge in [-0.05, 0) is 56.3 Å². The van der Waals surface area contributed by atoms with Crippen molar-refractivity contribution in [2.45, 2.75) is 38.5 Å². The van der Waals surface area contributed by atoms with E-state index < -0.39 is 0 Å². The van der Waals surface area contributed by atoms with E-state index in [0.29, 0.717) is 11.8 Å². The molecule has 3 rings (SSSR count). The van der Waals surface area contributed by atoms with Crippen molar-refractivity contribution < 1.29 is 4.79 Å². The first kappa shape index (κ1) is 11.3. The summed E-state index contributed by atoms with van der Waals surface area (Å²) in [6.45, 7) is 1.01. The number of amides is 1. The van der Waals surface area contributed by atoms with Gasteiger partial charge in [-0.1, -0.05) is 12.2 Å². The lowest BCUT2D eigenvalue weighted by molar-refractivity contribution is -0.131. The predicted molar refractivity (Wildman–Crippen MR) is 68.4 cm³/mol. The first-order chi connectivity index (χ1) is 8.25. The maximum atomic E-state index is 11.9. The minimum absolute atomic E-state index is 0.384. The monoisotopic (exact) mass is 233 g/mol. The van der Waals surface area contributed by atoms with Gasteiger partial charge in [-0.25, -0.2) is 0 Å². The summed E-state index contributed by atoms with van der Waals surface area (Å²) in [5.41, 5.74) is 0. The van der Waals surface area contributed by atoms with E-state index in [-0.39, 0.29) is 0 Å². The SMILES string of the molecule is CN(CC1CC1C1CC=CCC1)C(=O)C1CC1. The average Bonchev–Trinajstić information content (AvgIpc) is 3.23. The Morgan fingerprint density at radius 1 is 1.29 bits per heavy atom.